The van der Waals surface area contributed by atoms with Crippen molar-refractivity contribution in [2.24, 2.45) is 0 Å². The maximum atomic E-state index is 12.4. The summed E-state index contributed by atoms with van der Waals surface area (Å²) >= 11 is 1.46. The van der Waals surface area contributed by atoms with Gasteiger partial charge < -0.3 is 4.90 Å². The molecule has 0 saturated carbocycles. The van der Waals surface area contributed by atoms with Crippen LogP contribution in [0.5, 0.6) is 0 Å². The number of aromatic nitrogens is 3. The molecule has 0 spiro atoms. The second-order valence-corrected chi connectivity index (χ2v) is 6.41. The molecule has 3 rings (SSSR count). The Morgan fingerprint density at radius 3 is 3.05 bits per heavy atom. The Labute approximate surface area is 122 Å². The number of aromatic amines is 1. The first kappa shape index (κ1) is 13.3. The molecule has 6 heteroatoms. The largest absolute Gasteiger partial charge is 0.336 e. The molecule has 20 heavy (non-hydrogen) atoms. The van der Waals surface area contributed by atoms with E-state index >= 15 is 0 Å². The summed E-state index contributed by atoms with van der Waals surface area (Å²) in [6.07, 6.45) is 3.92. The topological polar surface area (TPSA) is 61.9 Å². The van der Waals surface area contributed by atoms with Crippen LogP contribution in [0.15, 0.2) is 17.1 Å². The average Bonchev–Trinajstić information content (AvgIpc) is 3.09. The minimum Gasteiger partial charge on any atom is -0.336 e. The van der Waals surface area contributed by atoms with Crippen LogP contribution < -0.4 is 0 Å². The molecule has 1 atom stereocenters. The molecule has 0 aromatic carbocycles. The lowest BCUT2D eigenvalue weighted by atomic mass is 9.77. The van der Waals surface area contributed by atoms with Crippen molar-refractivity contribution in [1.82, 2.24) is 20.1 Å². The maximum Gasteiger partial charge on any atom is 0.273 e. The van der Waals surface area contributed by atoms with Gasteiger partial charge in [0.15, 0.2) is 0 Å². The number of rotatable bonds is 2. The van der Waals surface area contributed by atoms with Crippen molar-refractivity contribution >= 4 is 17.2 Å². The van der Waals surface area contributed by atoms with Gasteiger partial charge in [-0.05, 0) is 25.3 Å². The Balaban J connectivity index is 1.83. The summed E-state index contributed by atoms with van der Waals surface area (Å²) in [7, 11) is 0. The van der Waals surface area contributed by atoms with Gasteiger partial charge in [0, 0.05) is 29.6 Å². The van der Waals surface area contributed by atoms with Crippen LogP contribution in [-0.4, -0.2) is 39.1 Å². The molecule has 1 N–H and O–H groups in total. The molecule has 3 heterocycles. The van der Waals surface area contributed by atoms with E-state index in [-0.39, 0.29) is 11.3 Å². The van der Waals surface area contributed by atoms with Crippen LogP contribution in [0.1, 0.15) is 41.5 Å². The summed E-state index contributed by atoms with van der Waals surface area (Å²) in [6, 6.07) is 0. The zero-order valence-corrected chi connectivity index (χ0v) is 12.5. The molecule has 0 unspecified atom stereocenters. The van der Waals surface area contributed by atoms with Crippen LogP contribution in [0.3, 0.4) is 0 Å². The van der Waals surface area contributed by atoms with E-state index in [9.17, 15) is 4.79 Å². The number of likely N-dealkylation sites (tertiary alicyclic amines) is 1. The van der Waals surface area contributed by atoms with E-state index in [0.29, 0.717) is 12.2 Å². The molecule has 1 fully saturated rings. The number of nitrogens with one attached hydrogen (secondary N) is 1. The summed E-state index contributed by atoms with van der Waals surface area (Å²) in [5.74, 6) is 0.0364. The number of H-pyrrole nitrogens is 1. The average molecular weight is 290 g/mol. The Kier molecular flexibility index (Phi) is 3.33. The van der Waals surface area contributed by atoms with Crippen molar-refractivity contribution in [2.75, 3.05) is 13.1 Å². The van der Waals surface area contributed by atoms with E-state index in [1.54, 1.807) is 5.51 Å². The van der Waals surface area contributed by atoms with Gasteiger partial charge in [-0.25, -0.2) is 4.98 Å². The zero-order valence-electron chi connectivity index (χ0n) is 11.7. The van der Waals surface area contributed by atoms with E-state index in [0.717, 1.165) is 30.6 Å². The molecular formula is C14H18N4OS. The fourth-order valence-corrected chi connectivity index (χ4v) is 3.58. The van der Waals surface area contributed by atoms with Gasteiger partial charge in [0.2, 0.25) is 0 Å². The SMILES string of the molecule is Cc1cn[nH]c1[C@@]1(C)CCCN(C(=O)c2cscn2)C1. The number of carbonyl (C=O) groups is 1. The lowest BCUT2D eigenvalue weighted by Crippen LogP contribution is -2.47. The standard InChI is InChI=1S/C14H18N4OS/c1-10-6-16-17-12(10)14(2)4-3-5-18(8-14)13(19)11-7-20-9-15-11/h6-7,9H,3-5,8H2,1-2H3,(H,16,17)/t14-/m0/s1. The summed E-state index contributed by atoms with van der Waals surface area (Å²) < 4.78 is 0. The number of carbonyl (C=O) groups excluding carboxylic acids is 1. The van der Waals surface area contributed by atoms with Crippen LogP contribution in [0, 0.1) is 6.92 Å². The lowest BCUT2D eigenvalue weighted by Gasteiger charge is -2.40. The number of piperidine rings is 1. The van der Waals surface area contributed by atoms with Crippen molar-refractivity contribution in [3.8, 4) is 0 Å². The van der Waals surface area contributed by atoms with Gasteiger partial charge in [0.25, 0.3) is 5.91 Å². The van der Waals surface area contributed by atoms with E-state index < -0.39 is 0 Å². The molecular weight excluding hydrogens is 272 g/mol. The molecule has 2 aromatic heterocycles. The number of aryl methyl sites for hydroxylation is 1. The predicted octanol–water partition coefficient (Wildman–Crippen LogP) is 2.37. The third-order valence-corrected chi connectivity index (χ3v) is 4.65. The zero-order chi connectivity index (χ0) is 14.2. The normalized spacial score (nSPS) is 23.0. The molecule has 5 nitrogen and oxygen atoms in total. The Morgan fingerprint density at radius 2 is 2.40 bits per heavy atom. The fourth-order valence-electron chi connectivity index (χ4n) is 3.05. The monoisotopic (exact) mass is 290 g/mol. The van der Waals surface area contributed by atoms with Gasteiger partial charge in [0.05, 0.1) is 11.7 Å². The van der Waals surface area contributed by atoms with Crippen LogP contribution in [0.25, 0.3) is 0 Å². The fraction of sp³-hybridized carbons (Fsp3) is 0.500. The number of amides is 1. The Bertz CT molecular complexity index is 606. The summed E-state index contributed by atoms with van der Waals surface area (Å²) in [6.45, 7) is 5.78. The Morgan fingerprint density at radius 1 is 1.55 bits per heavy atom. The number of hydrogen-bond acceptors (Lipinski definition) is 4. The smallest absolute Gasteiger partial charge is 0.273 e. The summed E-state index contributed by atoms with van der Waals surface area (Å²) in [5.41, 5.74) is 4.52. The van der Waals surface area contributed by atoms with Crippen molar-refractivity contribution in [2.45, 2.75) is 32.1 Å². The van der Waals surface area contributed by atoms with Gasteiger partial charge in [-0.3, -0.25) is 9.89 Å². The van der Waals surface area contributed by atoms with E-state index in [2.05, 4.69) is 29.0 Å². The second kappa shape index (κ2) is 5.01. The van der Waals surface area contributed by atoms with Crippen LogP contribution in [0.4, 0.5) is 0 Å². The third-order valence-electron chi connectivity index (χ3n) is 4.07. The molecule has 0 bridgehead atoms. The van der Waals surface area contributed by atoms with E-state index in [1.807, 2.05) is 16.5 Å². The van der Waals surface area contributed by atoms with Gasteiger partial charge in [-0.1, -0.05) is 6.92 Å². The number of hydrogen-bond donors (Lipinski definition) is 1. The first-order valence-corrected chi connectivity index (χ1v) is 7.72. The quantitative estimate of drug-likeness (QED) is 0.923. The second-order valence-electron chi connectivity index (χ2n) is 5.69. The molecule has 1 amide bonds. The highest BCUT2D eigenvalue weighted by atomic mass is 32.1. The van der Waals surface area contributed by atoms with Crippen LogP contribution in [-0.2, 0) is 5.41 Å². The van der Waals surface area contributed by atoms with Crippen molar-refractivity contribution < 1.29 is 4.79 Å². The summed E-state index contributed by atoms with van der Waals surface area (Å²) in [5, 5.41) is 9.05. The highest BCUT2D eigenvalue weighted by molar-refractivity contribution is 7.07. The van der Waals surface area contributed by atoms with E-state index in [1.165, 1.54) is 11.3 Å². The number of nitrogens with zero attached hydrogens (tertiary/aromatic N) is 3. The van der Waals surface area contributed by atoms with Crippen molar-refractivity contribution in [3.05, 3.63) is 34.0 Å². The molecule has 0 aliphatic carbocycles. The minimum atomic E-state index is -0.0511. The molecule has 1 saturated heterocycles. The molecule has 106 valence electrons. The van der Waals surface area contributed by atoms with E-state index in [4.69, 9.17) is 0 Å². The van der Waals surface area contributed by atoms with Gasteiger partial charge in [-0.2, -0.15) is 5.10 Å². The highest BCUT2D eigenvalue weighted by Gasteiger charge is 2.37. The highest BCUT2D eigenvalue weighted by Crippen LogP contribution is 2.34. The molecule has 1 aliphatic rings. The van der Waals surface area contributed by atoms with Gasteiger partial charge in [0.1, 0.15) is 5.69 Å². The van der Waals surface area contributed by atoms with Crippen molar-refractivity contribution in [1.29, 1.82) is 0 Å². The van der Waals surface area contributed by atoms with Crippen LogP contribution >= 0.6 is 11.3 Å². The minimum absolute atomic E-state index is 0.0364. The first-order valence-electron chi connectivity index (χ1n) is 6.78. The van der Waals surface area contributed by atoms with Crippen molar-refractivity contribution in [3.63, 3.8) is 0 Å². The lowest BCUT2D eigenvalue weighted by molar-refractivity contribution is 0.0642. The molecule has 1 aliphatic heterocycles. The molecule has 0 radical (unpaired) electrons. The first-order chi connectivity index (χ1) is 9.60. The van der Waals surface area contributed by atoms with Crippen LogP contribution in [0.2, 0.25) is 0 Å². The molecule has 2 aromatic rings. The Hall–Kier alpha value is -1.69. The maximum absolute atomic E-state index is 12.4. The van der Waals surface area contributed by atoms with Gasteiger partial charge in [-0.15, -0.1) is 11.3 Å². The number of thiazole rings is 1. The third kappa shape index (κ3) is 2.24. The van der Waals surface area contributed by atoms with Gasteiger partial charge >= 0.3 is 0 Å². The summed E-state index contributed by atoms with van der Waals surface area (Å²) in [4.78, 5) is 18.5. The predicted molar refractivity (Wildman–Crippen MR) is 77.9 cm³/mol.